The van der Waals surface area contributed by atoms with Crippen LogP contribution in [-0.4, -0.2) is 39.1 Å². The van der Waals surface area contributed by atoms with E-state index in [4.69, 9.17) is 0 Å². The topological polar surface area (TPSA) is 74.8 Å². The molecule has 6 heteroatoms. The molecule has 0 aromatic heterocycles. The third kappa shape index (κ3) is 4.57. The summed E-state index contributed by atoms with van der Waals surface area (Å²) >= 11 is 0. The molecule has 0 aliphatic heterocycles. The Morgan fingerprint density at radius 2 is 0.622 bits per heavy atom. The van der Waals surface area contributed by atoms with Crippen molar-refractivity contribution in [1.82, 2.24) is 9.80 Å². The Bertz CT molecular complexity index is 1220. The van der Waals surface area contributed by atoms with Crippen molar-refractivity contribution in [2.24, 2.45) is 0 Å². The van der Waals surface area contributed by atoms with Gasteiger partial charge in [-0.3, -0.25) is 19.2 Å². The maximum atomic E-state index is 13.9. The van der Waals surface area contributed by atoms with Crippen molar-refractivity contribution < 1.29 is 19.2 Å². The molecular weight excluding hydrogens is 464 g/mol. The molecule has 5 rings (SSSR count). The standard InChI is InChI=1S/C31H24N2O4/c34-27(23-13-5-1-6-14-23)32(28(35)24-15-7-2-8-16-24)31(21-22-31)33(29(36)25-17-9-3-10-18-25)30(37)26-19-11-4-12-20-26/h1-20H,21-22H2. The van der Waals surface area contributed by atoms with Crippen LogP contribution in [0.1, 0.15) is 54.3 Å². The van der Waals surface area contributed by atoms with Crippen molar-refractivity contribution in [2.75, 3.05) is 0 Å². The predicted octanol–water partition coefficient (Wildman–Crippen LogP) is 5.44. The number of carbonyl (C=O) groups excluding carboxylic acids is 4. The fraction of sp³-hybridized carbons (Fsp3) is 0.0968. The number of nitrogens with zero attached hydrogens (tertiary/aromatic N) is 2. The Morgan fingerprint density at radius 3 is 0.811 bits per heavy atom. The lowest BCUT2D eigenvalue weighted by atomic mass is 10.1. The van der Waals surface area contributed by atoms with E-state index in [1.54, 1.807) is 121 Å². The molecule has 1 saturated carbocycles. The number of imide groups is 2. The first-order valence-electron chi connectivity index (χ1n) is 12.0. The first-order chi connectivity index (χ1) is 18.0. The largest absolute Gasteiger partial charge is 0.269 e. The van der Waals surface area contributed by atoms with E-state index in [0.29, 0.717) is 0 Å². The highest BCUT2D eigenvalue weighted by Crippen LogP contribution is 2.47. The van der Waals surface area contributed by atoms with Gasteiger partial charge < -0.3 is 0 Å². The molecule has 0 spiro atoms. The number of amides is 4. The number of benzene rings is 4. The summed E-state index contributed by atoms with van der Waals surface area (Å²) < 4.78 is 0. The van der Waals surface area contributed by atoms with Gasteiger partial charge >= 0.3 is 0 Å². The van der Waals surface area contributed by atoms with Crippen LogP contribution in [0.3, 0.4) is 0 Å². The fourth-order valence-corrected chi connectivity index (χ4v) is 4.44. The summed E-state index contributed by atoms with van der Waals surface area (Å²) in [4.78, 5) is 57.9. The van der Waals surface area contributed by atoms with E-state index in [1.165, 1.54) is 0 Å². The molecule has 1 fully saturated rings. The summed E-state index contributed by atoms with van der Waals surface area (Å²) in [6.45, 7) is 0. The molecule has 1 aliphatic carbocycles. The van der Waals surface area contributed by atoms with Crippen LogP contribution in [0.5, 0.6) is 0 Å². The van der Waals surface area contributed by atoms with Gasteiger partial charge in [-0.2, -0.15) is 0 Å². The summed E-state index contributed by atoms with van der Waals surface area (Å²) in [6.07, 6.45) is 0.558. The van der Waals surface area contributed by atoms with E-state index in [9.17, 15) is 19.2 Å². The highest BCUT2D eigenvalue weighted by atomic mass is 16.2. The third-order valence-electron chi connectivity index (χ3n) is 6.42. The summed E-state index contributed by atoms with van der Waals surface area (Å²) in [5.74, 6) is -2.28. The lowest BCUT2D eigenvalue weighted by Crippen LogP contribution is -2.59. The molecule has 1 aliphatic rings. The fourth-order valence-electron chi connectivity index (χ4n) is 4.44. The normalized spacial score (nSPS) is 13.3. The molecule has 0 heterocycles. The average molecular weight is 489 g/mol. The van der Waals surface area contributed by atoms with Crippen LogP contribution in [-0.2, 0) is 0 Å². The molecule has 0 N–H and O–H groups in total. The van der Waals surface area contributed by atoms with Gasteiger partial charge in [-0.25, -0.2) is 9.80 Å². The summed E-state index contributed by atoms with van der Waals surface area (Å²) in [5.41, 5.74) is -0.288. The number of rotatable bonds is 6. The van der Waals surface area contributed by atoms with Crippen molar-refractivity contribution in [2.45, 2.75) is 18.5 Å². The van der Waals surface area contributed by atoms with E-state index < -0.39 is 29.3 Å². The molecule has 4 amide bonds. The summed E-state index contributed by atoms with van der Waals surface area (Å²) in [7, 11) is 0. The van der Waals surface area contributed by atoms with Gasteiger partial charge in [0.05, 0.1) is 0 Å². The molecule has 0 radical (unpaired) electrons. The molecule has 4 aromatic rings. The maximum Gasteiger partial charge on any atom is 0.262 e. The zero-order valence-corrected chi connectivity index (χ0v) is 20.0. The van der Waals surface area contributed by atoms with Crippen LogP contribution in [0.4, 0.5) is 0 Å². The predicted molar refractivity (Wildman–Crippen MR) is 139 cm³/mol. The van der Waals surface area contributed by atoms with Crippen molar-refractivity contribution in [3.05, 3.63) is 144 Å². The van der Waals surface area contributed by atoms with Gasteiger partial charge in [0, 0.05) is 22.3 Å². The van der Waals surface area contributed by atoms with Gasteiger partial charge in [-0.05, 0) is 61.4 Å². The van der Waals surface area contributed by atoms with Crippen molar-refractivity contribution in [3.63, 3.8) is 0 Å². The zero-order chi connectivity index (χ0) is 25.8. The SMILES string of the molecule is O=C(c1ccccc1)N(C(=O)c1ccccc1)C1(N(C(=O)c2ccccc2)C(=O)c2ccccc2)CC1. The first-order valence-corrected chi connectivity index (χ1v) is 12.0. The minimum absolute atomic E-state index is 0.279. The zero-order valence-electron chi connectivity index (χ0n) is 20.0. The van der Waals surface area contributed by atoms with E-state index in [0.717, 1.165) is 9.80 Å². The lowest BCUT2D eigenvalue weighted by molar-refractivity contribution is 0.0179. The van der Waals surface area contributed by atoms with Crippen LogP contribution < -0.4 is 0 Å². The maximum absolute atomic E-state index is 13.9. The van der Waals surface area contributed by atoms with E-state index in [-0.39, 0.29) is 35.1 Å². The molecule has 0 unspecified atom stereocenters. The third-order valence-corrected chi connectivity index (χ3v) is 6.42. The van der Waals surface area contributed by atoms with Crippen LogP contribution in [0.25, 0.3) is 0 Å². The van der Waals surface area contributed by atoms with Gasteiger partial charge in [0.25, 0.3) is 23.6 Å². The van der Waals surface area contributed by atoms with Gasteiger partial charge in [0.1, 0.15) is 5.66 Å². The average Bonchev–Trinajstić information content (AvgIpc) is 3.75. The quantitative estimate of drug-likeness (QED) is 0.268. The Hall–Kier alpha value is -4.84. The van der Waals surface area contributed by atoms with E-state index in [2.05, 4.69) is 0 Å². The molecule has 37 heavy (non-hydrogen) atoms. The van der Waals surface area contributed by atoms with E-state index >= 15 is 0 Å². The smallest absolute Gasteiger partial charge is 0.262 e. The Balaban J connectivity index is 1.66. The second-order valence-electron chi connectivity index (χ2n) is 8.84. The number of carbonyl (C=O) groups is 4. The first kappa shape index (κ1) is 23.9. The minimum atomic E-state index is -1.44. The Kier molecular flexibility index (Phi) is 6.47. The lowest BCUT2D eigenvalue weighted by Gasteiger charge is -2.38. The monoisotopic (exact) mass is 488 g/mol. The van der Waals surface area contributed by atoms with Gasteiger partial charge in [0.2, 0.25) is 0 Å². The minimum Gasteiger partial charge on any atom is -0.269 e. The highest BCUT2D eigenvalue weighted by Gasteiger charge is 2.61. The van der Waals surface area contributed by atoms with Crippen molar-refractivity contribution in [3.8, 4) is 0 Å². The molecule has 182 valence electrons. The highest BCUT2D eigenvalue weighted by molar-refractivity contribution is 6.15. The summed E-state index contributed by atoms with van der Waals surface area (Å²) in [6, 6.07) is 33.7. The number of hydrogen-bond acceptors (Lipinski definition) is 4. The van der Waals surface area contributed by atoms with Gasteiger partial charge in [0.15, 0.2) is 0 Å². The second-order valence-corrected chi connectivity index (χ2v) is 8.84. The molecule has 0 bridgehead atoms. The molecule has 0 atom stereocenters. The van der Waals surface area contributed by atoms with Crippen LogP contribution in [0.15, 0.2) is 121 Å². The molecule has 4 aromatic carbocycles. The number of hydrogen-bond donors (Lipinski definition) is 0. The van der Waals surface area contributed by atoms with E-state index in [1.807, 2.05) is 0 Å². The van der Waals surface area contributed by atoms with Crippen LogP contribution >= 0.6 is 0 Å². The molecule has 0 saturated heterocycles. The van der Waals surface area contributed by atoms with Gasteiger partial charge in [-0.15, -0.1) is 0 Å². The van der Waals surface area contributed by atoms with Crippen LogP contribution in [0.2, 0.25) is 0 Å². The Labute approximate surface area is 214 Å². The second kappa shape index (κ2) is 10.0. The molecular formula is C31H24N2O4. The molecule has 6 nitrogen and oxygen atoms in total. The summed E-state index contributed by atoms with van der Waals surface area (Å²) in [5, 5.41) is 0. The van der Waals surface area contributed by atoms with Crippen molar-refractivity contribution in [1.29, 1.82) is 0 Å². The van der Waals surface area contributed by atoms with Crippen LogP contribution in [0, 0.1) is 0 Å². The van der Waals surface area contributed by atoms with Crippen molar-refractivity contribution >= 4 is 23.6 Å². The van der Waals surface area contributed by atoms with Gasteiger partial charge in [-0.1, -0.05) is 72.8 Å². The Morgan fingerprint density at radius 1 is 0.405 bits per heavy atom.